The summed E-state index contributed by atoms with van der Waals surface area (Å²) in [5.41, 5.74) is 2.43. The first-order valence-corrected chi connectivity index (χ1v) is 11.0. The van der Waals surface area contributed by atoms with Gasteiger partial charge in [0, 0.05) is 16.6 Å². The van der Waals surface area contributed by atoms with Crippen LogP contribution in [0.25, 0.3) is 11.3 Å². The molecule has 0 saturated carbocycles. The van der Waals surface area contributed by atoms with E-state index in [9.17, 15) is 10.2 Å². The summed E-state index contributed by atoms with van der Waals surface area (Å²) in [6.45, 7) is 2.99. The largest absolute Gasteiger partial charge is 0.504 e. The zero-order valence-electron chi connectivity index (χ0n) is 16.7. The van der Waals surface area contributed by atoms with E-state index in [0.29, 0.717) is 0 Å². The standard InChI is InChI=1S/C23H28N2O3S/c1-2-3-4-5-6-7-14-28-19-11-9-18(10-12-19)24-23-25-20(16-29-23)17-8-13-21(26)22(27)15-17/h8-13,15-16,26-27H,2-7,14H2,1H3,(H,24,25). The van der Waals surface area contributed by atoms with Crippen molar-refractivity contribution in [2.24, 2.45) is 0 Å². The second kappa shape index (κ2) is 10.7. The minimum atomic E-state index is -0.151. The van der Waals surface area contributed by atoms with Crippen molar-refractivity contribution < 1.29 is 14.9 Å². The Kier molecular flexibility index (Phi) is 7.76. The molecule has 0 fully saturated rings. The average molecular weight is 413 g/mol. The Hall–Kier alpha value is -2.73. The van der Waals surface area contributed by atoms with Crippen molar-refractivity contribution in [1.82, 2.24) is 4.98 Å². The zero-order valence-corrected chi connectivity index (χ0v) is 17.5. The van der Waals surface area contributed by atoms with Crippen molar-refractivity contribution in [1.29, 1.82) is 0 Å². The number of phenols is 2. The highest BCUT2D eigenvalue weighted by atomic mass is 32.1. The number of aromatic hydroxyl groups is 2. The lowest BCUT2D eigenvalue weighted by Gasteiger charge is -2.08. The van der Waals surface area contributed by atoms with Gasteiger partial charge in [-0.1, -0.05) is 39.0 Å². The van der Waals surface area contributed by atoms with Crippen LogP contribution in [0, 0.1) is 0 Å². The molecule has 0 unspecified atom stereocenters. The molecular weight excluding hydrogens is 384 g/mol. The highest BCUT2D eigenvalue weighted by Gasteiger charge is 2.08. The molecule has 0 radical (unpaired) electrons. The summed E-state index contributed by atoms with van der Waals surface area (Å²) in [4.78, 5) is 4.54. The second-order valence-electron chi connectivity index (χ2n) is 7.01. The third-order valence-corrected chi connectivity index (χ3v) is 5.41. The van der Waals surface area contributed by atoms with Gasteiger partial charge in [-0.15, -0.1) is 11.3 Å². The van der Waals surface area contributed by atoms with Crippen LogP contribution in [-0.2, 0) is 0 Å². The number of nitrogens with zero attached hydrogens (tertiary/aromatic N) is 1. The molecule has 0 atom stereocenters. The first-order chi connectivity index (χ1) is 14.2. The fourth-order valence-electron chi connectivity index (χ4n) is 2.98. The van der Waals surface area contributed by atoms with E-state index in [0.717, 1.165) is 40.9 Å². The summed E-state index contributed by atoms with van der Waals surface area (Å²) in [7, 11) is 0. The topological polar surface area (TPSA) is 74.6 Å². The summed E-state index contributed by atoms with van der Waals surface area (Å²) in [6.07, 6.45) is 7.54. The van der Waals surface area contributed by atoms with Gasteiger partial charge in [0.2, 0.25) is 0 Å². The first-order valence-electron chi connectivity index (χ1n) is 10.1. The van der Waals surface area contributed by atoms with Crippen LogP contribution in [0.5, 0.6) is 17.2 Å². The highest BCUT2D eigenvalue weighted by molar-refractivity contribution is 7.14. The Morgan fingerprint density at radius 1 is 0.931 bits per heavy atom. The maximum atomic E-state index is 9.65. The third-order valence-electron chi connectivity index (χ3n) is 4.65. The van der Waals surface area contributed by atoms with Gasteiger partial charge in [0.25, 0.3) is 0 Å². The number of anilines is 2. The van der Waals surface area contributed by atoms with Crippen molar-refractivity contribution >= 4 is 22.2 Å². The third kappa shape index (κ3) is 6.39. The van der Waals surface area contributed by atoms with E-state index < -0.39 is 0 Å². The van der Waals surface area contributed by atoms with Gasteiger partial charge in [0.15, 0.2) is 16.6 Å². The van der Waals surface area contributed by atoms with Crippen LogP contribution in [0.2, 0.25) is 0 Å². The Balaban J connectivity index is 1.47. The molecule has 0 spiro atoms. The van der Waals surface area contributed by atoms with Crippen molar-refractivity contribution in [3.8, 4) is 28.5 Å². The average Bonchev–Trinajstić information content (AvgIpc) is 3.19. The number of unbranched alkanes of at least 4 members (excludes halogenated alkanes) is 5. The number of hydrogen-bond acceptors (Lipinski definition) is 6. The molecule has 3 aromatic rings. The molecule has 2 aromatic carbocycles. The van der Waals surface area contributed by atoms with Crippen molar-refractivity contribution in [2.45, 2.75) is 45.4 Å². The van der Waals surface area contributed by atoms with Gasteiger partial charge in [-0.2, -0.15) is 0 Å². The van der Waals surface area contributed by atoms with Gasteiger partial charge >= 0.3 is 0 Å². The molecule has 29 heavy (non-hydrogen) atoms. The number of nitrogens with one attached hydrogen (secondary N) is 1. The summed E-state index contributed by atoms with van der Waals surface area (Å²) in [5.74, 6) is 0.589. The van der Waals surface area contributed by atoms with Gasteiger partial charge in [0.05, 0.1) is 12.3 Å². The number of ether oxygens (including phenoxy) is 1. The quantitative estimate of drug-likeness (QED) is 0.241. The van der Waals surface area contributed by atoms with Crippen LogP contribution in [0.4, 0.5) is 10.8 Å². The zero-order chi connectivity index (χ0) is 20.5. The van der Waals surface area contributed by atoms with Crippen LogP contribution < -0.4 is 10.1 Å². The maximum Gasteiger partial charge on any atom is 0.187 e. The predicted octanol–water partition coefficient (Wildman–Crippen LogP) is 6.70. The molecular formula is C23H28N2O3S. The predicted molar refractivity (Wildman–Crippen MR) is 119 cm³/mol. The Morgan fingerprint density at radius 2 is 1.69 bits per heavy atom. The van der Waals surface area contributed by atoms with Crippen LogP contribution >= 0.6 is 11.3 Å². The Labute approximate surface area is 176 Å². The SMILES string of the molecule is CCCCCCCCOc1ccc(Nc2nc(-c3ccc(O)c(O)c3)cs2)cc1. The number of rotatable bonds is 11. The smallest absolute Gasteiger partial charge is 0.187 e. The molecule has 0 saturated heterocycles. The summed E-state index contributed by atoms with van der Waals surface area (Å²) in [5, 5.41) is 25.0. The van der Waals surface area contributed by atoms with E-state index in [1.165, 1.54) is 55.6 Å². The van der Waals surface area contributed by atoms with E-state index in [4.69, 9.17) is 4.74 Å². The molecule has 0 aliphatic rings. The fraction of sp³-hybridized carbons (Fsp3) is 0.348. The van der Waals surface area contributed by atoms with Crippen LogP contribution in [-0.4, -0.2) is 21.8 Å². The molecule has 5 nitrogen and oxygen atoms in total. The van der Waals surface area contributed by atoms with E-state index >= 15 is 0 Å². The molecule has 0 amide bonds. The summed E-state index contributed by atoms with van der Waals surface area (Å²) < 4.78 is 5.82. The van der Waals surface area contributed by atoms with Gasteiger partial charge in [-0.25, -0.2) is 4.98 Å². The van der Waals surface area contributed by atoms with E-state index in [2.05, 4.69) is 17.2 Å². The van der Waals surface area contributed by atoms with Gasteiger partial charge in [-0.05, 0) is 48.9 Å². The summed E-state index contributed by atoms with van der Waals surface area (Å²) in [6, 6.07) is 12.6. The molecule has 3 rings (SSSR count). The van der Waals surface area contributed by atoms with E-state index in [1.54, 1.807) is 6.07 Å². The number of hydrogen-bond donors (Lipinski definition) is 3. The van der Waals surface area contributed by atoms with Gasteiger partial charge < -0.3 is 20.3 Å². The van der Waals surface area contributed by atoms with E-state index in [1.807, 2.05) is 29.6 Å². The Morgan fingerprint density at radius 3 is 2.45 bits per heavy atom. The number of thiazole rings is 1. The van der Waals surface area contributed by atoms with Crippen LogP contribution in [0.1, 0.15) is 45.4 Å². The second-order valence-corrected chi connectivity index (χ2v) is 7.87. The lowest BCUT2D eigenvalue weighted by molar-refractivity contribution is 0.304. The molecule has 6 heteroatoms. The minimum absolute atomic E-state index is 0.138. The Bertz CT molecular complexity index is 893. The minimum Gasteiger partial charge on any atom is -0.504 e. The monoisotopic (exact) mass is 412 g/mol. The number of phenolic OH excluding ortho intramolecular Hbond substituents is 2. The van der Waals surface area contributed by atoms with Gasteiger partial charge in [0.1, 0.15) is 5.75 Å². The summed E-state index contributed by atoms with van der Waals surface area (Å²) >= 11 is 1.48. The molecule has 154 valence electrons. The molecule has 0 aliphatic carbocycles. The van der Waals surface area contributed by atoms with Gasteiger partial charge in [-0.3, -0.25) is 0 Å². The maximum absolute atomic E-state index is 9.65. The molecule has 0 aliphatic heterocycles. The lowest BCUT2D eigenvalue weighted by atomic mass is 10.1. The van der Waals surface area contributed by atoms with Crippen molar-refractivity contribution in [2.75, 3.05) is 11.9 Å². The normalized spacial score (nSPS) is 10.8. The van der Waals surface area contributed by atoms with Crippen LogP contribution in [0.3, 0.4) is 0 Å². The fourth-order valence-corrected chi connectivity index (χ4v) is 3.72. The molecule has 3 N–H and O–H groups in total. The molecule has 1 aromatic heterocycles. The van der Waals surface area contributed by atoms with Crippen molar-refractivity contribution in [3.63, 3.8) is 0 Å². The van der Waals surface area contributed by atoms with Crippen LogP contribution in [0.15, 0.2) is 47.8 Å². The molecule has 1 heterocycles. The highest BCUT2D eigenvalue weighted by Crippen LogP contribution is 2.33. The number of aromatic nitrogens is 1. The van der Waals surface area contributed by atoms with E-state index in [-0.39, 0.29) is 11.5 Å². The van der Waals surface area contributed by atoms with Crippen molar-refractivity contribution in [3.05, 3.63) is 47.8 Å². The molecule has 0 bridgehead atoms. The first kappa shape index (κ1) is 21.0. The number of benzene rings is 2. The lowest BCUT2D eigenvalue weighted by Crippen LogP contribution is -1.97.